The minimum Gasteiger partial charge on any atom is -0.495 e. The summed E-state index contributed by atoms with van der Waals surface area (Å²) < 4.78 is 5.28. The molecule has 122 valence electrons. The molecule has 2 rings (SSSR count). The van der Waals surface area contributed by atoms with Crippen LogP contribution in [0, 0.1) is 5.41 Å². The Bertz CT molecular complexity index is 694. The number of anilines is 3. The molecule has 0 saturated carbocycles. The minimum atomic E-state index is -0.453. The highest BCUT2D eigenvalue weighted by atomic mass is 35.5. The topological polar surface area (TPSA) is 63.2 Å². The molecular formula is C17H20ClN3O2. The maximum absolute atomic E-state index is 11.9. The van der Waals surface area contributed by atoms with E-state index in [4.69, 9.17) is 16.3 Å². The zero-order valence-corrected chi connectivity index (χ0v) is 14.4. The molecule has 0 saturated heterocycles. The Kier molecular flexibility index (Phi) is 5.11. The average molecular weight is 334 g/mol. The van der Waals surface area contributed by atoms with Crippen molar-refractivity contribution in [1.29, 1.82) is 0 Å². The van der Waals surface area contributed by atoms with Gasteiger partial charge in [-0.2, -0.15) is 0 Å². The number of amides is 1. The Hall–Kier alpha value is -2.27. The lowest BCUT2D eigenvalue weighted by Crippen LogP contribution is -2.27. The summed E-state index contributed by atoms with van der Waals surface area (Å²) >= 11 is 6.00. The average Bonchev–Trinajstić information content (AvgIpc) is 2.48. The van der Waals surface area contributed by atoms with E-state index in [1.807, 2.05) is 20.8 Å². The molecule has 1 aromatic heterocycles. The molecule has 1 aromatic carbocycles. The first kappa shape index (κ1) is 17.1. The van der Waals surface area contributed by atoms with Gasteiger partial charge in [0.05, 0.1) is 24.7 Å². The van der Waals surface area contributed by atoms with Crippen molar-refractivity contribution < 1.29 is 9.53 Å². The predicted octanol–water partition coefficient (Wildman–Crippen LogP) is 4.47. The number of hydrogen-bond donors (Lipinski definition) is 2. The maximum atomic E-state index is 11.9. The van der Waals surface area contributed by atoms with Crippen LogP contribution in [0.5, 0.6) is 5.75 Å². The van der Waals surface area contributed by atoms with Crippen molar-refractivity contribution in [3.8, 4) is 5.75 Å². The van der Waals surface area contributed by atoms with Crippen molar-refractivity contribution in [2.45, 2.75) is 20.8 Å². The first-order valence-corrected chi connectivity index (χ1v) is 7.55. The SMILES string of the molecule is COc1ccc(Cl)cc1Nc1ccc(NC(=O)C(C)(C)C)cn1. The maximum Gasteiger partial charge on any atom is 0.229 e. The molecule has 2 aromatic rings. The van der Waals surface area contributed by atoms with Crippen LogP contribution in [0.1, 0.15) is 20.8 Å². The number of pyridine rings is 1. The Morgan fingerprint density at radius 1 is 1.22 bits per heavy atom. The van der Waals surface area contributed by atoms with E-state index in [9.17, 15) is 4.79 Å². The number of rotatable bonds is 4. The molecule has 0 unspecified atom stereocenters. The van der Waals surface area contributed by atoms with E-state index >= 15 is 0 Å². The van der Waals surface area contributed by atoms with Gasteiger partial charge in [-0.25, -0.2) is 4.98 Å². The second-order valence-corrected chi connectivity index (χ2v) is 6.54. The van der Waals surface area contributed by atoms with Gasteiger partial charge in [-0.3, -0.25) is 4.79 Å². The third-order valence-corrected chi connectivity index (χ3v) is 3.36. The molecule has 0 spiro atoms. The second kappa shape index (κ2) is 6.87. The first-order chi connectivity index (χ1) is 10.8. The van der Waals surface area contributed by atoms with Gasteiger partial charge in [0.2, 0.25) is 5.91 Å². The predicted molar refractivity (Wildman–Crippen MR) is 93.6 cm³/mol. The summed E-state index contributed by atoms with van der Waals surface area (Å²) in [6.45, 7) is 5.57. The summed E-state index contributed by atoms with van der Waals surface area (Å²) in [6.07, 6.45) is 1.60. The fourth-order valence-corrected chi connectivity index (χ4v) is 1.95. The highest BCUT2D eigenvalue weighted by Gasteiger charge is 2.21. The standard InChI is InChI=1S/C17H20ClN3O2/c1-17(2,3)16(22)20-12-6-8-15(19-10-12)21-13-9-11(18)5-7-14(13)23-4/h5-10H,1-4H3,(H,19,21)(H,20,22). The van der Waals surface area contributed by atoms with Crippen LogP contribution >= 0.6 is 11.6 Å². The zero-order chi connectivity index (χ0) is 17.0. The monoisotopic (exact) mass is 333 g/mol. The molecule has 2 N–H and O–H groups in total. The van der Waals surface area contributed by atoms with Crippen LogP contribution in [0.2, 0.25) is 5.02 Å². The lowest BCUT2D eigenvalue weighted by molar-refractivity contribution is -0.123. The van der Waals surface area contributed by atoms with Gasteiger partial charge >= 0.3 is 0 Å². The Morgan fingerprint density at radius 3 is 2.52 bits per heavy atom. The van der Waals surface area contributed by atoms with Gasteiger partial charge in [-0.1, -0.05) is 32.4 Å². The molecule has 23 heavy (non-hydrogen) atoms. The molecule has 0 bridgehead atoms. The molecule has 0 aliphatic carbocycles. The molecular weight excluding hydrogens is 314 g/mol. The van der Waals surface area contributed by atoms with E-state index < -0.39 is 5.41 Å². The third kappa shape index (κ3) is 4.60. The van der Waals surface area contributed by atoms with Gasteiger partial charge in [0.25, 0.3) is 0 Å². The van der Waals surface area contributed by atoms with E-state index in [1.54, 1.807) is 43.6 Å². The van der Waals surface area contributed by atoms with Crippen molar-refractivity contribution in [2.24, 2.45) is 5.41 Å². The summed E-state index contributed by atoms with van der Waals surface area (Å²) in [5.74, 6) is 1.23. The number of nitrogens with zero attached hydrogens (tertiary/aromatic N) is 1. The number of benzene rings is 1. The zero-order valence-electron chi connectivity index (χ0n) is 13.6. The fraction of sp³-hybridized carbons (Fsp3) is 0.294. The molecule has 0 atom stereocenters. The minimum absolute atomic E-state index is 0.0588. The van der Waals surface area contributed by atoms with Gasteiger partial charge in [0.1, 0.15) is 11.6 Å². The highest BCUT2D eigenvalue weighted by molar-refractivity contribution is 6.31. The van der Waals surface area contributed by atoms with Crippen molar-refractivity contribution in [3.05, 3.63) is 41.6 Å². The first-order valence-electron chi connectivity index (χ1n) is 7.17. The van der Waals surface area contributed by atoms with Gasteiger partial charge < -0.3 is 15.4 Å². The summed E-state index contributed by atoms with van der Waals surface area (Å²) in [5.41, 5.74) is 0.915. The van der Waals surface area contributed by atoms with Crippen LogP contribution < -0.4 is 15.4 Å². The van der Waals surface area contributed by atoms with Gasteiger partial charge in [-0.15, -0.1) is 0 Å². The molecule has 0 aliphatic rings. The van der Waals surface area contributed by atoms with Gasteiger partial charge in [-0.05, 0) is 30.3 Å². The molecule has 1 amide bonds. The fourth-order valence-electron chi connectivity index (χ4n) is 1.78. The third-order valence-electron chi connectivity index (χ3n) is 3.13. The lowest BCUT2D eigenvalue weighted by Gasteiger charge is -2.17. The molecule has 5 nitrogen and oxygen atoms in total. The summed E-state index contributed by atoms with van der Waals surface area (Å²) in [6, 6.07) is 8.86. The number of nitrogens with one attached hydrogen (secondary N) is 2. The largest absolute Gasteiger partial charge is 0.495 e. The van der Waals surface area contributed by atoms with Crippen LogP contribution in [0.3, 0.4) is 0 Å². The highest BCUT2D eigenvalue weighted by Crippen LogP contribution is 2.30. The van der Waals surface area contributed by atoms with Gasteiger partial charge in [0.15, 0.2) is 0 Å². The number of hydrogen-bond acceptors (Lipinski definition) is 4. The molecule has 1 heterocycles. The summed E-state index contributed by atoms with van der Waals surface area (Å²) in [4.78, 5) is 16.2. The summed E-state index contributed by atoms with van der Waals surface area (Å²) in [7, 11) is 1.59. The van der Waals surface area contributed by atoms with Crippen molar-refractivity contribution in [1.82, 2.24) is 4.98 Å². The number of carbonyl (C=O) groups excluding carboxylic acids is 1. The van der Waals surface area contributed by atoms with Gasteiger partial charge in [0, 0.05) is 10.4 Å². The number of carbonyl (C=O) groups is 1. The smallest absolute Gasteiger partial charge is 0.229 e. The number of ether oxygens (including phenoxy) is 1. The van der Waals surface area contributed by atoms with E-state index in [-0.39, 0.29) is 5.91 Å². The summed E-state index contributed by atoms with van der Waals surface area (Å²) in [5, 5.41) is 6.57. The molecule has 0 fully saturated rings. The Balaban J connectivity index is 2.12. The normalized spacial score (nSPS) is 11.0. The van der Waals surface area contributed by atoms with Crippen molar-refractivity contribution in [2.75, 3.05) is 17.7 Å². The van der Waals surface area contributed by atoms with Crippen LogP contribution in [0.4, 0.5) is 17.2 Å². The number of halogens is 1. The lowest BCUT2D eigenvalue weighted by atomic mass is 9.96. The van der Waals surface area contributed by atoms with E-state index in [0.29, 0.717) is 22.3 Å². The van der Waals surface area contributed by atoms with Crippen LogP contribution in [0.25, 0.3) is 0 Å². The number of methoxy groups -OCH3 is 1. The molecule has 0 radical (unpaired) electrons. The van der Waals surface area contributed by atoms with Crippen LogP contribution in [-0.4, -0.2) is 18.0 Å². The van der Waals surface area contributed by atoms with Crippen molar-refractivity contribution >= 4 is 34.7 Å². The van der Waals surface area contributed by atoms with E-state index in [1.165, 1.54) is 0 Å². The van der Waals surface area contributed by atoms with E-state index in [2.05, 4.69) is 15.6 Å². The van der Waals surface area contributed by atoms with Crippen molar-refractivity contribution in [3.63, 3.8) is 0 Å². The number of aromatic nitrogens is 1. The Morgan fingerprint density at radius 2 is 1.96 bits per heavy atom. The Labute approximate surface area is 141 Å². The molecule has 0 aliphatic heterocycles. The van der Waals surface area contributed by atoms with E-state index in [0.717, 1.165) is 5.69 Å². The molecule has 6 heteroatoms. The van der Waals surface area contributed by atoms with Crippen LogP contribution in [0.15, 0.2) is 36.5 Å². The second-order valence-electron chi connectivity index (χ2n) is 6.11. The quantitative estimate of drug-likeness (QED) is 0.866. The van der Waals surface area contributed by atoms with Crippen LogP contribution in [-0.2, 0) is 4.79 Å².